The van der Waals surface area contributed by atoms with Crippen molar-refractivity contribution in [3.63, 3.8) is 0 Å². The van der Waals surface area contributed by atoms with Crippen molar-refractivity contribution in [1.29, 1.82) is 0 Å². The Morgan fingerprint density at radius 3 is 2.52 bits per heavy atom. The summed E-state index contributed by atoms with van der Waals surface area (Å²) in [6.45, 7) is 9.83. The number of hydrogen-bond donors (Lipinski definition) is 3. The monoisotopic (exact) mass is 296 g/mol. The summed E-state index contributed by atoms with van der Waals surface area (Å²) in [6.07, 6.45) is 2.17. The van der Waals surface area contributed by atoms with Gasteiger partial charge in [0.15, 0.2) is 6.29 Å². The van der Waals surface area contributed by atoms with Gasteiger partial charge in [0.05, 0.1) is 16.8 Å². The van der Waals surface area contributed by atoms with Crippen LogP contribution in [0.25, 0.3) is 0 Å². The third-order valence-corrected chi connectivity index (χ3v) is 5.57. The van der Waals surface area contributed by atoms with E-state index in [1.807, 2.05) is 0 Å². The molecule has 6 unspecified atom stereocenters. The number of aliphatic hydroxyl groups excluding tert-OH is 1. The highest BCUT2D eigenvalue weighted by atomic mass is 16.6. The normalized spacial score (nSPS) is 49.1. The summed E-state index contributed by atoms with van der Waals surface area (Å²) >= 11 is 0. The van der Waals surface area contributed by atoms with Crippen LogP contribution in [0.1, 0.15) is 52.9 Å². The summed E-state index contributed by atoms with van der Waals surface area (Å²) in [7, 11) is 0. The van der Waals surface area contributed by atoms with Gasteiger partial charge in [-0.3, -0.25) is 0 Å². The molecular weight excluding hydrogens is 268 g/mol. The number of ether oxygens (including phenoxy) is 1. The van der Waals surface area contributed by atoms with Gasteiger partial charge in [0.1, 0.15) is 0 Å². The third-order valence-electron chi connectivity index (χ3n) is 5.57. The van der Waals surface area contributed by atoms with Crippen LogP contribution in [0.4, 0.5) is 0 Å². The predicted octanol–water partition coefficient (Wildman–Crippen LogP) is 1.98. The van der Waals surface area contributed by atoms with E-state index in [0.29, 0.717) is 36.7 Å². The van der Waals surface area contributed by atoms with Gasteiger partial charge in [0.25, 0.3) is 0 Å². The molecule has 120 valence electrons. The lowest BCUT2D eigenvalue weighted by atomic mass is 9.37. The minimum absolute atomic E-state index is 0.0618. The van der Waals surface area contributed by atoms with Crippen LogP contribution in [-0.4, -0.2) is 38.4 Å². The maximum Gasteiger partial charge on any atom is 0.177 e. The topological polar surface area (TPSA) is 69.9 Å². The zero-order chi connectivity index (χ0) is 15.6. The first-order chi connectivity index (χ1) is 9.57. The Bertz CT molecular complexity index is 458. The van der Waals surface area contributed by atoms with E-state index in [1.165, 1.54) is 0 Å². The lowest BCUT2D eigenvalue weighted by molar-refractivity contribution is -0.375. The molecule has 0 spiro atoms. The average Bonchev–Trinajstić information content (AvgIpc) is 2.21. The van der Waals surface area contributed by atoms with Crippen LogP contribution in [0.5, 0.6) is 0 Å². The Hall–Kier alpha value is -0.420. The Morgan fingerprint density at radius 1 is 1.29 bits per heavy atom. The van der Waals surface area contributed by atoms with Gasteiger partial charge in [-0.15, -0.1) is 0 Å². The van der Waals surface area contributed by atoms with Crippen molar-refractivity contribution >= 4 is 0 Å². The van der Waals surface area contributed by atoms with Crippen LogP contribution >= 0.6 is 0 Å². The number of aliphatic hydroxyl groups is 3. The molecule has 0 aromatic rings. The van der Waals surface area contributed by atoms with Crippen molar-refractivity contribution in [1.82, 2.24) is 0 Å². The van der Waals surface area contributed by atoms with Gasteiger partial charge in [-0.25, -0.2) is 0 Å². The standard InChI is InChI=1S/C17H28O4/c1-10(2)5-11(3)14(18)21-17-7-12-6-16(20,13(12)17)8-15(4,19)9-17/h10,12-14,18-20H,3,5-9H2,1-2,4H3. The molecule has 3 aliphatic rings. The van der Waals surface area contributed by atoms with Gasteiger partial charge in [-0.05, 0) is 43.6 Å². The molecule has 3 saturated carbocycles. The second-order valence-electron chi connectivity index (χ2n) is 8.39. The second-order valence-corrected chi connectivity index (χ2v) is 8.39. The fourth-order valence-electron chi connectivity index (χ4n) is 5.32. The van der Waals surface area contributed by atoms with E-state index in [4.69, 9.17) is 4.74 Å². The number of rotatable bonds is 5. The molecule has 0 amide bonds. The minimum Gasteiger partial charge on any atom is -0.390 e. The molecule has 3 rings (SSSR count). The fraction of sp³-hybridized carbons (Fsp3) is 0.882. The average molecular weight is 296 g/mol. The highest BCUT2D eigenvalue weighted by molar-refractivity contribution is 5.26. The summed E-state index contributed by atoms with van der Waals surface area (Å²) in [4.78, 5) is 0. The Balaban J connectivity index is 1.73. The molecule has 3 N–H and O–H groups in total. The molecule has 0 saturated heterocycles. The third kappa shape index (κ3) is 2.37. The Kier molecular flexibility index (Phi) is 3.35. The molecule has 0 radical (unpaired) electrons. The van der Waals surface area contributed by atoms with Crippen LogP contribution in [0.2, 0.25) is 0 Å². The molecule has 0 aromatic carbocycles. The first-order valence-electron chi connectivity index (χ1n) is 8.05. The van der Waals surface area contributed by atoms with Crippen molar-refractivity contribution in [2.24, 2.45) is 17.8 Å². The first-order valence-corrected chi connectivity index (χ1v) is 8.05. The predicted molar refractivity (Wildman–Crippen MR) is 79.4 cm³/mol. The largest absolute Gasteiger partial charge is 0.390 e. The van der Waals surface area contributed by atoms with Gasteiger partial charge in [0.2, 0.25) is 0 Å². The molecule has 0 heterocycles. The minimum atomic E-state index is -1.01. The quantitative estimate of drug-likeness (QED) is 0.536. The molecule has 0 aromatic heterocycles. The van der Waals surface area contributed by atoms with Crippen molar-refractivity contribution in [3.05, 3.63) is 12.2 Å². The van der Waals surface area contributed by atoms with E-state index >= 15 is 0 Å². The molecule has 3 fully saturated rings. The molecule has 6 atom stereocenters. The summed E-state index contributed by atoms with van der Waals surface area (Å²) in [6, 6.07) is 0. The van der Waals surface area contributed by atoms with Gasteiger partial charge in [-0.2, -0.15) is 0 Å². The smallest absolute Gasteiger partial charge is 0.177 e. The van der Waals surface area contributed by atoms with E-state index in [2.05, 4.69) is 20.4 Å². The first kappa shape index (κ1) is 15.5. The summed E-state index contributed by atoms with van der Waals surface area (Å²) in [5.41, 5.74) is -1.66. The van der Waals surface area contributed by atoms with E-state index in [0.717, 1.165) is 12.8 Å². The lowest BCUT2D eigenvalue weighted by Gasteiger charge is -2.73. The van der Waals surface area contributed by atoms with Gasteiger partial charge in [0, 0.05) is 18.8 Å². The zero-order valence-electron chi connectivity index (χ0n) is 13.3. The van der Waals surface area contributed by atoms with Crippen molar-refractivity contribution < 1.29 is 20.1 Å². The highest BCUT2D eigenvalue weighted by Crippen LogP contribution is 2.70. The van der Waals surface area contributed by atoms with Gasteiger partial charge < -0.3 is 20.1 Å². The van der Waals surface area contributed by atoms with E-state index in [-0.39, 0.29) is 5.92 Å². The summed E-state index contributed by atoms with van der Waals surface area (Å²) < 4.78 is 5.98. The lowest BCUT2D eigenvalue weighted by Crippen LogP contribution is -2.79. The maximum absolute atomic E-state index is 10.7. The molecular formula is C17H28O4. The second kappa shape index (κ2) is 4.54. The molecule has 3 aliphatic carbocycles. The molecule has 4 heteroatoms. The van der Waals surface area contributed by atoms with Gasteiger partial charge in [-0.1, -0.05) is 20.4 Å². The summed E-state index contributed by atoms with van der Waals surface area (Å²) in [5.74, 6) is 0.959. The van der Waals surface area contributed by atoms with Crippen LogP contribution in [0.3, 0.4) is 0 Å². The van der Waals surface area contributed by atoms with E-state index in [9.17, 15) is 15.3 Å². The Labute approximate surface area is 126 Å². The maximum atomic E-state index is 10.7. The summed E-state index contributed by atoms with van der Waals surface area (Å²) in [5, 5.41) is 31.5. The molecule has 0 aliphatic heterocycles. The van der Waals surface area contributed by atoms with Crippen LogP contribution in [-0.2, 0) is 4.74 Å². The van der Waals surface area contributed by atoms with Crippen LogP contribution < -0.4 is 0 Å². The molecule has 4 nitrogen and oxygen atoms in total. The highest BCUT2D eigenvalue weighted by Gasteiger charge is 2.75. The SMILES string of the molecule is C=C(CC(C)C)C(O)OC12CC3CC(O)(CC(C)(O)C1)C32. The molecule has 21 heavy (non-hydrogen) atoms. The molecule has 0 bridgehead atoms. The Morgan fingerprint density at radius 2 is 1.95 bits per heavy atom. The van der Waals surface area contributed by atoms with Crippen LogP contribution in [0.15, 0.2) is 12.2 Å². The van der Waals surface area contributed by atoms with Crippen LogP contribution in [0, 0.1) is 17.8 Å². The number of hydrogen-bond acceptors (Lipinski definition) is 4. The zero-order valence-corrected chi connectivity index (χ0v) is 13.3. The van der Waals surface area contributed by atoms with Crippen molar-refractivity contribution in [3.8, 4) is 0 Å². The van der Waals surface area contributed by atoms with Gasteiger partial charge >= 0.3 is 0 Å². The van der Waals surface area contributed by atoms with E-state index < -0.39 is 23.1 Å². The fourth-order valence-corrected chi connectivity index (χ4v) is 5.32. The van der Waals surface area contributed by atoms with E-state index in [1.54, 1.807) is 6.92 Å². The van der Waals surface area contributed by atoms with Crippen molar-refractivity contribution in [2.45, 2.75) is 76.0 Å². The van der Waals surface area contributed by atoms with Crippen molar-refractivity contribution in [2.75, 3.05) is 0 Å².